The van der Waals surface area contributed by atoms with Gasteiger partial charge in [0.2, 0.25) is 6.54 Å². The third-order valence-corrected chi connectivity index (χ3v) is 2.89. The van der Waals surface area contributed by atoms with Crippen molar-refractivity contribution in [2.75, 3.05) is 20.8 Å². The number of hydrogen-bond donors (Lipinski definition) is 0. The van der Waals surface area contributed by atoms with Crippen molar-refractivity contribution in [1.29, 1.82) is 0 Å². The second kappa shape index (κ2) is 7.22. The molecule has 0 bridgehead atoms. The summed E-state index contributed by atoms with van der Waals surface area (Å²) in [5.41, 5.74) is 0.505. The molecule has 0 saturated heterocycles. The highest BCUT2D eigenvalue weighted by Crippen LogP contribution is 2.27. The fraction of sp³-hybridized carbons (Fsp3) is 0.385. The molecule has 0 aromatic heterocycles. The maximum absolute atomic E-state index is 11.8. The molecule has 7 nitrogen and oxygen atoms in total. The fourth-order valence-electron chi connectivity index (χ4n) is 1.94. The van der Waals surface area contributed by atoms with Crippen molar-refractivity contribution in [2.45, 2.75) is 5.92 Å². The van der Waals surface area contributed by atoms with E-state index >= 15 is 0 Å². The summed E-state index contributed by atoms with van der Waals surface area (Å²) in [6.07, 6.45) is 0. The van der Waals surface area contributed by atoms with Crippen molar-refractivity contribution < 1.29 is 24.0 Å². The van der Waals surface area contributed by atoms with E-state index in [2.05, 4.69) is 9.47 Å². The Bertz CT molecular complexity index is 471. The quantitative estimate of drug-likeness (QED) is 0.334. The van der Waals surface area contributed by atoms with Gasteiger partial charge in [-0.05, 0) is 5.56 Å². The summed E-state index contributed by atoms with van der Waals surface area (Å²) in [5.74, 6) is -4.01. The number of carbonyl (C=O) groups is 2. The number of benzene rings is 1. The van der Waals surface area contributed by atoms with Gasteiger partial charge < -0.3 is 9.47 Å². The molecule has 1 aromatic rings. The first-order valence-electron chi connectivity index (χ1n) is 5.83. The molecule has 0 aliphatic heterocycles. The lowest BCUT2D eigenvalue weighted by Gasteiger charge is -2.20. The Morgan fingerprint density at radius 2 is 1.65 bits per heavy atom. The standard InChI is InChI=1S/C13H15NO6/c1-19-12(15)11(13(16)20-2)10(8-14(17)18)9-6-4-3-5-7-9/h3-7,10-11H,8H2,1-2H3. The third kappa shape index (κ3) is 3.78. The summed E-state index contributed by atoms with van der Waals surface area (Å²) in [6, 6.07) is 8.32. The van der Waals surface area contributed by atoms with Gasteiger partial charge in [0.25, 0.3) is 0 Å². The third-order valence-electron chi connectivity index (χ3n) is 2.89. The Balaban J connectivity index is 3.21. The molecule has 1 atom stereocenters. The van der Waals surface area contributed by atoms with Crippen LogP contribution in [0, 0.1) is 16.0 Å². The first-order chi connectivity index (χ1) is 9.51. The van der Waals surface area contributed by atoms with Gasteiger partial charge >= 0.3 is 11.9 Å². The number of rotatable bonds is 6. The number of methoxy groups -OCH3 is 2. The lowest BCUT2D eigenvalue weighted by molar-refractivity contribution is -0.484. The van der Waals surface area contributed by atoms with Crippen molar-refractivity contribution >= 4 is 11.9 Å². The smallest absolute Gasteiger partial charge is 0.320 e. The average Bonchev–Trinajstić information content (AvgIpc) is 2.46. The topological polar surface area (TPSA) is 95.7 Å². The zero-order chi connectivity index (χ0) is 15.1. The normalized spacial score (nSPS) is 11.8. The van der Waals surface area contributed by atoms with Gasteiger partial charge in [-0.25, -0.2) is 0 Å². The number of ether oxygens (including phenoxy) is 2. The summed E-state index contributed by atoms with van der Waals surface area (Å²) in [7, 11) is 2.24. The zero-order valence-electron chi connectivity index (χ0n) is 11.1. The van der Waals surface area contributed by atoms with Crippen molar-refractivity contribution in [1.82, 2.24) is 0 Å². The van der Waals surface area contributed by atoms with E-state index in [0.717, 1.165) is 14.2 Å². The van der Waals surface area contributed by atoms with Crippen LogP contribution in [0.5, 0.6) is 0 Å². The summed E-state index contributed by atoms with van der Waals surface area (Å²) in [5, 5.41) is 10.8. The van der Waals surface area contributed by atoms with Crippen LogP contribution >= 0.6 is 0 Å². The number of nitrogens with zero attached hydrogens (tertiary/aromatic N) is 1. The predicted octanol–water partition coefficient (Wildman–Crippen LogP) is 1.01. The Labute approximate surface area is 115 Å². The van der Waals surface area contributed by atoms with Gasteiger partial charge in [0.15, 0.2) is 5.92 Å². The first kappa shape index (κ1) is 15.6. The second-order valence-electron chi connectivity index (χ2n) is 4.06. The summed E-state index contributed by atoms with van der Waals surface area (Å²) in [4.78, 5) is 33.8. The summed E-state index contributed by atoms with van der Waals surface area (Å²) >= 11 is 0. The molecule has 0 aliphatic carbocycles. The zero-order valence-corrected chi connectivity index (χ0v) is 11.1. The molecular weight excluding hydrogens is 266 g/mol. The second-order valence-corrected chi connectivity index (χ2v) is 4.06. The van der Waals surface area contributed by atoms with E-state index in [-0.39, 0.29) is 0 Å². The van der Waals surface area contributed by atoms with Crippen LogP contribution in [0.3, 0.4) is 0 Å². The lowest BCUT2D eigenvalue weighted by Crippen LogP contribution is -2.35. The van der Waals surface area contributed by atoms with Gasteiger partial charge in [0, 0.05) is 4.92 Å². The Kier molecular flexibility index (Phi) is 5.64. The SMILES string of the molecule is COC(=O)C(C(=O)OC)C(C[N+](=O)[O-])c1ccccc1. The maximum atomic E-state index is 11.8. The fourth-order valence-corrected chi connectivity index (χ4v) is 1.94. The highest BCUT2D eigenvalue weighted by atomic mass is 16.6. The van der Waals surface area contributed by atoms with E-state index in [1.165, 1.54) is 0 Å². The van der Waals surface area contributed by atoms with E-state index in [0.29, 0.717) is 5.56 Å². The van der Waals surface area contributed by atoms with Gasteiger partial charge in [-0.1, -0.05) is 30.3 Å². The molecule has 0 spiro atoms. The van der Waals surface area contributed by atoms with Crippen molar-refractivity contribution in [2.24, 2.45) is 5.92 Å². The molecule has 1 rings (SSSR count). The number of esters is 2. The number of nitro groups is 1. The summed E-state index contributed by atoms with van der Waals surface area (Å²) < 4.78 is 9.11. The van der Waals surface area contributed by atoms with Crippen LogP contribution in [0.4, 0.5) is 0 Å². The van der Waals surface area contributed by atoms with Crippen LogP contribution in [-0.2, 0) is 19.1 Å². The molecule has 1 aromatic carbocycles. The molecule has 0 saturated carbocycles. The Morgan fingerprint density at radius 1 is 1.15 bits per heavy atom. The average molecular weight is 281 g/mol. The van der Waals surface area contributed by atoms with E-state index < -0.39 is 35.2 Å². The highest BCUT2D eigenvalue weighted by Gasteiger charge is 2.40. The maximum Gasteiger partial charge on any atom is 0.320 e. The van der Waals surface area contributed by atoms with Crippen LogP contribution in [0.2, 0.25) is 0 Å². The largest absolute Gasteiger partial charge is 0.468 e. The molecule has 0 aliphatic rings. The molecule has 0 amide bonds. The molecule has 20 heavy (non-hydrogen) atoms. The predicted molar refractivity (Wildman–Crippen MR) is 68.6 cm³/mol. The van der Waals surface area contributed by atoms with Gasteiger partial charge in [-0.3, -0.25) is 19.7 Å². The molecule has 108 valence electrons. The van der Waals surface area contributed by atoms with Crippen LogP contribution in [-0.4, -0.2) is 37.6 Å². The molecule has 7 heteroatoms. The van der Waals surface area contributed by atoms with Crippen LogP contribution < -0.4 is 0 Å². The van der Waals surface area contributed by atoms with Gasteiger partial charge in [0.1, 0.15) is 0 Å². The minimum atomic E-state index is -1.36. The molecule has 0 radical (unpaired) electrons. The van der Waals surface area contributed by atoms with Gasteiger partial charge in [0.05, 0.1) is 20.1 Å². The highest BCUT2D eigenvalue weighted by molar-refractivity contribution is 5.96. The van der Waals surface area contributed by atoms with Crippen molar-refractivity contribution in [3.05, 3.63) is 46.0 Å². The van der Waals surface area contributed by atoms with Crippen molar-refractivity contribution in [3.8, 4) is 0 Å². The molecule has 0 fully saturated rings. The number of hydrogen-bond acceptors (Lipinski definition) is 6. The number of carbonyl (C=O) groups excluding carboxylic acids is 2. The Hall–Kier alpha value is -2.44. The monoisotopic (exact) mass is 281 g/mol. The minimum absolute atomic E-state index is 0.505. The molecule has 0 heterocycles. The van der Waals surface area contributed by atoms with Gasteiger partial charge in [-0.15, -0.1) is 0 Å². The van der Waals surface area contributed by atoms with Crippen LogP contribution in [0.1, 0.15) is 11.5 Å². The van der Waals surface area contributed by atoms with E-state index in [9.17, 15) is 19.7 Å². The molecule has 0 N–H and O–H groups in total. The first-order valence-corrected chi connectivity index (χ1v) is 5.83. The van der Waals surface area contributed by atoms with E-state index in [1.54, 1.807) is 30.3 Å². The lowest BCUT2D eigenvalue weighted by atomic mass is 9.86. The minimum Gasteiger partial charge on any atom is -0.468 e. The van der Waals surface area contributed by atoms with Crippen LogP contribution in [0.25, 0.3) is 0 Å². The van der Waals surface area contributed by atoms with E-state index in [1.807, 2.05) is 0 Å². The van der Waals surface area contributed by atoms with Crippen LogP contribution in [0.15, 0.2) is 30.3 Å². The van der Waals surface area contributed by atoms with Gasteiger partial charge in [-0.2, -0.15) is 0 Å². The Morgan fingerprint density at radius 3 is 2.05 bits per heavy atom. The summed E-state index contributed by atoms with van der Waals surface area (Å²) in [6.45, 7) is -0.571. The van der Waals surface area contributed by atoms with E-state index in [4.69, 9.17) is 0 Å². The van der Waals surface area contributed by atoms with Crippen molar-refractivity contribution in [3.63, 3.8) is 0 Å². The molecule has 1 unspecified atom stereocenters. The molecular formula is C13H15NO6.